The topological polar surface area (TPSA) is 447 Å². The van der Waals surface area contributed by atoms with E-state index in [2.05, 4.69) is 42.2 Å². The Morgan fingerprint density at radius 2 is 1.38 bits per heavy atom. The van der Waals surface area contributed by atoms with Gasteiger partial charge in [0.15, 0.2) is 5.96 Å². The number of aliphatic hydroxyl groups excluding tert-OH is 1. The summed E-state index contributed by atoms with van der Waals surface area (Å²) in [4.78, 5) is 156. The van der Waals surface area contributed by atoms with E-state index in [-0.39, 0.29) is 69.7 Å². The molecule has 9 atom stereocenters. The zero-order valence-corrected chi connectivity index (χ0v) is 46.7. The van der Waals surface area contributed by atoms with Gasteiger partial charge in [0.25, 0.3) is 0 Å². The lowest BCUT2D eigenvalue weighted by Crippen LogP contribution is -2.61. The van der Waals surface area contributed by atoms with Crippen molar-refractivity contribution >= 4 is 92.5 Å². The van der Waals surface area contributed by atoms with Crippen LogP contribution in [0.1, 0.15) is 83.3 Å². The lowest BCUT2D eigenvalue weighted by Gasteiger charge is -2.31. The number of nitrogens with two attached hydrogens (primary N) is 5. The Morgan fingerprint density at radius 3 is 1.96 bits per heavy atom. The first-order valence-corrected chi connectivity index (χ1v) is 28.1. The number of hydrogen-bond acceptors (Lipinski definition) is 16. The molecule has 80 heavy (non-hydrogen) atoms. The van der Waals surface area contributed by atoms with Crippen molar-refractivity contribution < 1.29 is 62.6 Å². The molecule has 0 aliphatic carbocycles. The zero-order valence-electron chi connectivity index (χ0n) is 45.0. The van der Waals surface area contributed by atoms with Crippen molar-refractivity contribution in [2.75, 3.05) is 26.0 Å². The number of likely N-dealkylation sites (tertiary alicyclic amines) is 1. The highest BCUT2D eigenvalue weighted by Gasteiger charge is 2.41. The maximum Gasteiger partial charge on any atom is 0.246 e. The number of nitrogens with one attached hydrogen (secondary N) is 7. The molecule has 4 rings (SSSR count). The molecule has 3 unspecified atom stereocenters. The molecule has 0 saturated carbocycles. The van der Waals surface area contributed by atoms with Crippen LogP contribution in [0.15, 0.2) is 59.6 Å². The third-order valence-corrected chi connectivity index (χ3v) is 16.0. The molecular formula is C51H74N14O13S2. The number of aliphatic hydroxyl groups is 1. The molecule has 0 aromatic heterocycles. The standard InChI is InChI=1S/C51H74N14O13S2/c1-27(66)41(42(54)70)64-44(72)31(12-8-20-57-50(55)56)60-48(76)37-13-9-21-65(37)49(77)36-26-79-80-51(2,3)25-40(69)58-33(23-29-14-16-30(78-4)17-15-29)45(73)61-34(22-28-10-6-5-7-11-28)46(74)59-32(18-19-38(52)67)43(71)62-35(24-39(53)68)47(75)63-36/h5-7,10-11,14-17,27,31-37,41,66H,8-9,12-13,18-26H2,1-4H3,(H2,52,67)(H2,53,68)(H2,54,70)(H,58,69)(H,59,74)(H,60,76)(H,61,73)(H,62,71)(H,63,75)(H,64,72)(H4,55,56,57)/t27-,31+,32+,33?,34?,35+,36?,37+,41+/m1/s1. The summed E-state index contributed by atoms with van der Waals surface area (Å²) in [5, 5.41) is 28.2. The summed E-state index contributed by atoms with van der Waals surface area (Å²) in [5.74, 6) is -9.82. The van der Waals surface area contributed by atoms with Crippen molar-refractivity contribution in [1.82, 2.24) is 42.1 Å². The van der Waals surface area contributed by atoms with Crippen LogP contribution in [0.3, 0.4) is 0 Å². The molecule has 2 heterocycles. The number of nitrogens with zero attached hydrogens (tertiary/aromatic N) is 2. The molecule has 2 aromatic carbocycles. The van der Waals surface area contributed by atoms with Crippen molar-refractivity contribution in [3.05, 3.63) is 65.7 Å². The van der Waals surface area contributed by atoms with Gasteiger partial charge in [-0.2, -0.15) is 0 Å². The maximum atomic E-state index is 14.8. The number of hydrogen-bond donors (Lipinski definition) is 13. The van der Waals surface area contributed by atoms with Crippen molar-refractivity contribution in [3.63, 3.8) is 0 Å². The van der Waals surface area contributed by atoms with Crippen molar-refractivity contribution in [1.29, 1.82) is 0 Å². The number of benzene rings is 2. The van der Waals surface area contributed by atoms with E-state index in [0.29, 0.717) is 16.9 Å². The van der Waals surface area contributed by atoms with Crippen LogP contribution in [-0.4, -0.2) is 166 Å². The molecule has 29 heteroatoms. The molecule has 2 aliphatic rings. The molecule has 438 valence electrons. The minimum absolute atomic E-state index is 0.0148. The molecule has 0 bridgehead atoms. The smallest absolute Gasteiger partial charge is 0.246 e. The first kappa shape index (κ1) is 64.9. The van der Waals surface area contributed by atoms with Gasteiger partial charge in [-0.05, 0) is 76.1 Å². The van der Waals surface area contributed by atoms with E-state index in [1.165, 1.54) is 18.9 Å². The highest BCUT2D eigenvalue weighted by Crippen LogP contribution is 2.39. The molecule has 2 aliphatic heterocycles. The summed E-state index contributed by atoms with van der Waals surface area (Å²) in [5.41, 5.74) is 28.6. The van der Waals surface area contributed by atoms with Crippen molar-refractivity contribution in [3.8, 4) is 5.75 Å². The fraction of sp³-hybridized carbons (Fsp3) is 0.529. The third kappa shape index (κ3) is 21.2. The number of methoxy groups -OCH3 is 1. The number of carbonyl (C=O) groups excluding carboxylic acids is 11. The van der Waals surface area contributed by atoms with E-state index >= 15 is 0 Å². The fourth-order valence-electron chi connectivity index (χ4n) is 8.65. The van der Waals surface area contributed by atoms with E-state index in [1.54, 1.807) is 68.4 Å². The second-order valence-corrected chi connectivity index (χ2v) is 23.0. The summed E-state index contributed by atoms with van der Waals surface area (Å²) < 4.78 is 4.35. The molecule has 11 amide bonds. The van der Waals surface area contributed by atoms with E-state index in [9.17, 15) is 57.8 Å². The number of rotatable bonds is 21. The maximum absolute atomic E-state index is 14.8. The highest BCUT2D eigenvalue weighted by atomic mass is 33.1. The number of guanidine groups is 1. The van der Waals surface area contributed by atoms with Gasteiger partial charge in [-0.15, -0.1) is 0 Å². The summed E-state index contributed by atoms with van der Waals surface area (Å²) in [6, 6.07) is 3.59. The van der Waals surface area contributed by atoms with Crippen molar-refractivity contribution in [2.45, 2.75) is 144 Å². The van der Waals surface area contributed by atoms with Gasteiger partial charge < -0.3 is 80.6 Å². The number of amides is 11. The summed E-state index contributed by atoms with van der Waals surface area (Å²) >= 11 is 0. The third-order valence-electron chi connectivity index (χ3n) is 12.7. The second-order valence-electron chi connectivity index (χ2n) is 19.9. The molecule has 0 radical (unpaired) electrons. The van der Waals surface area contributed by atoms with Crippen LogP contribution in [0.2, 0.25) is 0 Å². The number of ether oxygens (including phenoxy) is 1. The number of primary amides is 3. The summed E-state index contributed by atoms with van der Waals surface area (Å²) in [6.45, 7) is 4.72. The lowest BCUT2D eigenvalue weighted by atomic mass is 10.0. The van der Waals surface area contributed by atoms with Crippen LogP contribution in [0.5, 0.6) is 5.75 Å². The Morgan fingerprint density at radius 1 is 0.787 bits per heavy atom. The van der Waals surface area contributed by atoms with Gasteiger partial charge in [0.2, 0.25) is 65.0 Å². The van der Waals surface area contributed by atoms with Crippen LogP contribution < -0.4 is 70.6 Å². The van der Waals surface area contributed by atoms with Gasteiger partial charge >= 0.3 is 0 Å². The van der Waals surface area contributed by atoms with Crippen molar-refractivity contribution in [2.24, 2.45) is 33.7 Å². The number of aliphatic imine (C=N–C) groups is 1. The minimum Gasteiger partial charge on any atom is -0.497 e. The lowest BCUT2D eigenvalue weighted by molar-refractivity contribution is -0.142. The molecule has 27 nitrogen and oxygen atoms in total. The first-order chi connectivity index (χ1) is 37.8. The molecule has 18 N–H and O–H groups in total. The molecule has 0 spiro atoms. The SMILES string of the molecule is COc1ccc(CC2NC(=O)CC(C)(C)SSCC(C(=O)N3CCC[C@H]3C(=O)N[C@@H](CCCN=C(N)N)C(=O)N[C@H](C(N)=O)[C@@H](C)O)NC(=O)[C@H](CC(N)=O)NC(=O)[C@H](CCC(N)=O)NC(=O)C(Cc3ccccc3)NC2=O)cc1. The van der Waals surface area contributed by atoms with Crippen LogP contribution >= 0.6 is 21.6 Å². The van der Waals surface area contributed by atoms with E-state index in [4.69, 9.17) is 33.4 Å². The van der Waals surface area contributed by atoms with Crippen LogP contribution in [0, 0.1) is 0 Å². The van der Waals surface area contributed by atoms with E-state index in [1.807, 2.05) is 0 Å². The molecular weight excluding hydrogens is 1080 g/mol. The normalized spacial score (nSPS) is 22.5. The van der Waals surface area contributed by atoms with E-state index < -0.39 is 143 Å². The van der Waals surface area contributed by atoms with Crippen LogP contribution in [-0.2, 0) is 65.6 Å². The molecule has 2 saturated heterocycles. The van der Waals surface area contributed by atoms with Gasteiger partial charge in [0.05, 0.1) is 19.6 Å². The summed E-state index contributed by atoms with van der Waals surface area (Å²) in [7, 11) is 3.71. The minimum atomic E-state index is -1.80. The predicted molar refractivity (Wildman–Crippen MR) is 297 cm³/mol. The van der Waals surface area contributed by atoms with Gasteiger partial charge in [0, 0.05) is 49.3 Å². The zero-order chi connectivity index (χ0) is 59.3. The average Bonchev–Trinajstić information content (AvgIpc) is 3.90. The predicted octanol–water partition coefficient (Wildman–Crippen LogP) is -3.51. The Balaban J connectivity index is 1.75. The number of carbonyl (C=O) groups is 11. The Bertz CT molecular complexity index is 2570. The van der Waals surface area contributed by atoms with Gasteiger partial charge in [-0.1, -0.05) is 64.1 Å². The first-order valence-electron chi connectivity index (χ1n) is 25.8. The van der Waals surface area contributed by atoms with Gasteiger partial charge in [0.1, 0.15) is 54.1 Å². The highest BCUT2D eigenvalue weighted by molar-refractivity contribution is 8.77. The Labute approximate surface area is 470 Å². The van der Waals surface area contributed by atoms with E-state index in [0.717, 1.165) is 21.6 Å². The van der Waals surface area contributed by atoms with Crippen LogP contribution in [0.25, 0.3) is 0 Å². The van der Waals surface area contributed by atoms with Gasteiger partial charge in [-0.3, -0.25) is 57.7 Å². The Hall–Kier alpha value is -7.66. The quantitative estimate of drug-likeness (QED) is 0.0250. The second kappa shape index (κ2) is 31.2. The monoisotopic (exact) mass is 1150 g/mol. The average molecular weight is 1160 g/mol. The molecule has 2 fully saturated rings. The fourth-order valence-corrected chi connectivity index (χ4v) is 11.3. The van der Waals surface area contributed by atoms with Gasteiger partial charge in [-0.25, -0.2) is 0 Å². The largest absolute Gasteiger partial charge is 0.497 e. The summed E-state index contributed by atoms with van der Waals surface area (Å²) in [6.07, 6.45) is -3.03. The Kier molecular flexibility index (Phi) is 25.3. The molecule has 2 aromatic rings. The van der Waals surface area contributed by atoms with Crippen LogP contribution in [0.4, 0.5) is 0 Å².